The number of hydrogen-bond acceptors (Lipinski definition) is 1. The summed E-state index contributed by atoms with van der Waals surface area (Å²) in [5, 5.41) is 6.58. The Bertz CT molecular complexity index is 248. The zero-order valence-electron chi connectivity index (χ0n) is 7.51. The van der Waals surface area contributed by atoms with Crippen LogP contribution in [0, 0.1) is 0 Å². The summed E-state index contributed by atoms with van der Waals surface area (Å²) < 4.78 is 2.11. The van der Waals surface area contributed by atoms with E-state index in [4.69, 9.17) is 0 Å². The van der Waals surface area contributed by atoms with Gasteiger partial charge in [0.05, 0.1) is 12.1 Å². The molecule has 3 heteroatoms. The lowest BCUT2D eigenvalue weighted by Gasteiger charge is -2.18. The second kappa shape index (κ2) is 3.27. The van der Waals surface area contributed by atoms with Gasteiger partial charge in [0.25, 0.3) is 0 Å². The highest BCUT2D eigenvalue weighted by Gasteiger charge is 2.22. The molecule has 1 aliphatic rings. The van der Waals surface area contributed by atoms with E-state index in [1.165, 1.54) is 25.1 Å². The van der Waals surface area contributed by atoms with Gasteiger partial charge in [-0.3, -0.25) is 0 Å². The van der Waals surface area contributed by atoms with Gasteiger partial charge in [-0.05, 0) is 19.4 Å². The van der Waals surface area contributed by atoms with Crippen LogP contribution in [0.25, 0.3) is 0 Å². The number of aromatic nitrogens is 2. The molecule has 2 N–H and O–H groups in total. The van der Waals surface area contributed by atoms with E-state index in [9.17, 15) is 0 Å². The summed E-state index contributed by atoms with van der Waals surface area (Å²) in [6, 6.07) is 2.18. The summed E-state index contributed by atoms with van der Waals surface area (Å²) in [6.07, 6.45) is 4.62. The molecule has 0 saturated carbocycles. The molecule has 0 aromatic carbocycles. The van der Waals surface area contributed by atoms with E-state index in [0.717, 1.165) is 6.54 Å². The van der Waals surface area contributed by atoms with Crippen LogP contribution in [0.3, 0.4) is 0 Å². The molecule has 3 nitrogen and oxygen atoms in total. The van der Waals surface area contributed by atoms with Gasteiger partial charge >= 0.3 is 0 Å². The van der Waals surface area contributed by atoms with Crippen molar-refractivity contribution < 1.29 is 4.68 Å². The van der Waals surface area contributed by atoms with Gasteiger partial charge in [0.2, 0.25) is 5.69 Å². The molecule has 1 fully saturated rings. The van der Waals surface area contributed by atoms with Crippen molar-refractivity contribution in [1.82, 2.24) is 10.4 Å². The Morgan fingerprint density at radius 1 is 1.58 bits per heavy atom. The Hall–Kier alpha value is -0.830. The van der Waals surface area contributed by atoms with Gasteiger partial charge in [0.1, 0.15) is 0 Å². The van der Waals surface area contributed by atoms with E-state index in [2.05, 4.69) is 28.2 Å². The summed E-state index contributed by atoms with van der Waals surface area (Å²) >= 11 is 0. The topological polar surface area (TPSA) is 31.7 Å². The van der Waals surface area contributed by atoms with Crippen molar-refractivity contribution in [1.29, 1.82) is 0 Å². The van der Waals surface area contributed by atoms with Gasteiger partial charge < -0.3 is 5.32 Å². The first-order valence-corrected chi connectivity index (χ1v) is 4.62. The van der Waals surface area contributed by atoms with Crippen LogP contribution in [0.5, 0.6) is 0 Å². The van der Waals surface area contributed by atoms with E-state index < -0.39 is 0 Å². The van der Waals surface area contributed by atoms with Crippen LogP contribution >= 0.6 is 0 Å². The van der Waals surface area contributed by atoms with Crippen molar-refractivity contribution >= 4 is 0 Å². The average molecular weight is 166 g/mol. The van der Waals surface area contributed by atoms with Gasteiger partial charge in [-0.25, -0.2) is 0 Å². The molecule has 66 valence electrons. The van der Waals surface area contributed by atoms with E-state index in [1.54, 1.807) is 0 Å². The Morgan fingerprint density at radius 3 is 3.08 bits per heavy atom. The van der Waals surface area contributed by atoms with Gasteiger partial charge in [0.15, 0.2) is 7.05 Å². The number of H-pyrrole nitrogens is 1. The molecule has 1 atom stereocenters. The van der Waals surface area contributed by atoms with Crippen LogP contribution in [0.15, 0.2) is 12.3 Å². The van der Waals surface area contributed by atoms with Gasteiger partial charge in [-0.15, -0.1) is 4.68 Å². The molecule has 0 radical (unpaired) electrons. The van der Waals surface area contributed by atoms with E-state index >= 15 is 0 Å². The van der Waals surface area contributed by atoms with Crippen molar-refractivity contribution in [2.45, 2.75) is 18.8 Å². The highest BCUT2D eigenvalue weighted by atomic mass is 15.3. The third kappa shape index (κ3) is 1.37. The molecule has 2 rings (SSSR count). The summed E-state index contributed by atoms with van der Waals surface area (Å²) in [5.74, 6) is 0.704. The van der Waals surface area contributed by atoms with Crippen LogP contribution in [-0.2, 0) is 7.05 Å². The molecule has 2 heterocycles. The van der Waals surface area contributed by atoms with Crippen molar-refractivity contribution in [3.05, 3.63) is 18.0 Å². The molecule has 1 aromatic heterocycles. The molecule has 0 bridgehead atoms. The number of nitrogens with one attached hydrogen (secondary N) is 2. The summed E-state index contributed by atoms with van der Waals surface area (Å²) in [6.45, 7) is 2.32. The lowest BCUT2D eigenvalue weighted by Crippen LogP contribution is -2.39. The maximum absolute atomic E-state index is 3.42. The molecule has 0 spiro atoms. The van der Waals surface area contributed by atoms with E-state index in [1.807, 2.05) is 6.20 Å². The first kappa shape index (κ1) is 7.80. The SMILES string of the molecule is C[n+]1[nH]ccc1C1CCCNC1. The summed E-state index contributed by atoms with van der Waals surface area (Å²) in [4.78, 5) is 0. The number of rotatable bonds is 1. The molecule has 1 aromatic rings. The molecule has 0 amide bonds. The molecule has 12 heavy (non-hydrogen) atoms. The minimum Gasteiger partial charge on any atom is -0.316 e. The Kier molecular flexibility index (Phi) is 2.13. The van der Waals surface area contributed by atoms with Crippen LogP contribution < -0.4 is 10.00 Å². The molecular formula is C9H16N3+. The zero-order chi connectivity index (χ0) is 8.39. The van der Waals surface area contributed by atoms with Crippen molar-refractivity contribution in [2.75, 3.05) is 13.1 Å². The quantitative estimate of drug-likeness (QED) is 0.578. The molecule has 1 saturated heterocycles. The number of piperidine rings is 1. The minimum atomic E-state index is 0.704. The summed E-state index contributed by atoms with van der Waals surface area (Å²) in [5.41, 5.74) is 1.42. The fourth-order valence-electron chi connectivity index (χ4n) is 1.94. The monoisotopic (exact) mass is 166 g/mol. The lowest BCUT2D eigenvalue weighted by atomic mass is 9.96. The third-order valence-corrected chi connectivity index (χ3v) is 2.62. The number of aryl methyl sites for hydroxylation is 1. The molecule has 1 unspecified atom stereocenters. The molecular weight excluding hydrogens is 150 g/mol. The first-order valence-electron chi connectivity index (χ1n) is 4.62. The Balaban J connectivity index is 2.13. The first-order chi connectivity index (χ1) is 5.88. The highest BCUT2D eigenvalue weighted by Crippen LogP contribution is 2.19. The second-order valence-electron chi connectivity index (χ2n) is 3.49. The predicted molar refractivity (Wildman–Crippen MR) is 46.8 cm³/mol. The maximum Gasteiger partial charge on any atom is 0.211 e. The minimum absolute atomic E-state index is 0.704. The zero-order valence-corrected chi connectivity index (χ0v) is 7.51. The fourth-order valence-corrected chi connectivity index (χ4v) is 1.94. The van der Waals surface area contributed by atoms with Crippen LogP contribution in [0.2, 0.25) is 0 Å². The van der Waals surface area contributed by atoms with E-state index in [0.29, 0.717) is 5.92 Å². The van der Waals surface area contributed by atoms with Crippen LogP contribution in [0.4, 0.5) is 0 Å². The predicted octanol–water partition coefficient (Wildman–Crippen LogP) is 0.306. The molecule has 0 aliphatic carbocycles. The second-order valence-corrected chi connectivity index (χ2v) is 3.49. The Morgan fingerprint density at radius 2 is 2.50 bits per heavy atom. The third-order valence-electron chi connectivity index (χ3n) is 2.62. The van der Waals surface area contributed by atoms with Gasteiger partial charge in [0, 0.05) is 12.6 Å². The number of nitrogens with zero attached hydrogens (tertiary/aromatic N) is 1. The molecule has 1 aliphatic heterocycles. The Labute approximate surface area is 72.8 Å². The van der Waals surface area contributed by atoms with E-state index in [-0.39, 0.29) is 0 Å². The standard InChI is InChI=1S/C9H15N3/c1-12-9(4-6-11-12)8-3-2-5-10-7-8/h4,6,8,10H,2-3,5,7H2,1H3/p+1. The lowest BCUT2D eigenvalue weighted by molar-refractivity contribution is -0.734. The average Bonchev–Trinajstić information content (AvgIpc) is 2.53. The van der Waals surface area contributed by atoms with Crippen LogP contribution in [-0.4, -0.2) is 18.2 Å². The van der Waals surface area contributed by atoms with Crippen LogP contribution in [0.1, 0.15) is 24.5 Å². The number of aromatic amines is 1. The largest absolute Gasteiger partial charge is 0.316 e. The van der Waals surface area contributed by atoms with Crippen molar-refractivity contribution in [3.8, 4) is 0 Å². The summed E-state index contributed by atoms with van der Waals surface area (Å²) in [7, 11) is 2.07. The van der Waals surface area contributed by atoms with Gasteiger partial charge in [-0.1, -0.05) is 0 Å². The van der Waals surface area contributed by atoms with Crippen molar-refractivity contribution in [2.24, 2.45) is 7.05 Å². The highest BCUT2D eigenvalue weighted by molar-refractivity contribution is 5.02. The fraction of sp³-hybridized carbons (Fsp3) is 0.667. The number of hydrogen-bond donors (Lipinski definition) is 2. The smallest absolute Gasteiger partial charge is 0.211 e. The maximum atomic E-state index is 3.42. The van der Waals surface area contributed by atoms with Crippen molar-refractivity contribution in [3.63, 3.8) is 0 Å². The normalized spacial score (nSPS) is 24.2. The van der Waals surface area contributed by atoms with Gasteiger partial charge in [-0.2, -0.15) is 5.10 Å².